The van der Waals surface area contributed by atoms with Gasteiger partial charge >= 0.3 is 0 Å². The number of nitrogens with zero attached hydrogens (tertiary/aromatic N) is 4. The first-order valence-corrected chi connectivity index (χ1v) is 15.7. The first-order valence-electron chi connectivity index (χ1n) is 15.7. The van der Waals surface area contributed by atoms with Gasteiger partial charge in [0.15, 0.2) is 11.6 Å². The SMILES string of the molecule is Cc1c(F)cccc1C1[C@@H](C(=O)c2cccc(O)c2)CN(C(CN(C)C)C(=O)N2CCN(C)CC2)C[C@@H]1C(=O)c1cccc(O)c1. The second-order valence-electron chi connectivity index (χ2n) is 12.9. The Morgan fingerprint density at radius 3 is 1.87 bits per heavy atom. The first-order chi connectivity index (χ1) is 21.9. The molecule has 0 bridgehead atoms. The summed E-state index contributed by atoms with van der Waals surface area (Å²) in [5.41, 5.74) is 1.43. The van der Waals surface area contributed by atoms with Crippen LogP contribution in [0.4, 0.5) is 4.39 Å². The Morgan fingerprint density at radius 2 is 1.37 bits per heavy atom. The van der Waals surface area contributed by atoms with Gasteiger partial charge in [0.25, 0.3) is 0 Å². The highest BCUT2D eigenvalue weighted by molar-refractivity contribution is 6.02. The molecular weight excluding hydrogens is 587 g/mol. The van der Waals surface area contributed by atoms with Crippen LogP contribution in [0.1, 0.15) is 37.8 Å². The zero-order chi connectivity index (χ0) is 33.1. The molecule has 0 spiro atoms. The molecule has 0 saturated carbocycles. The molecule has 244 valence electrons. The maximum Gasteiger partial charge on any atom is 0.241 e. The van der Waals surface area contributed by atoms with Gasteiger partial charge in [-0.15, -0.1) is 0 Å². The minimum absolute atomic E-state index is 0.0608. The number of piperidine rings is 1. The number of carbonyl (C=O) groups excluding carboxylic acids is 3. The molecule has 3 atom stereocenters. The lowest BCUT2D eigenvalue weighted by atomic mass is 9.67. The van der Waals surface area contributed by atoms with Crippen molar-refractivity contribution in [3.63, 3.8) is 0 Å². The minimum atomic E-state index is -0.854. The van der Waals surface area contributed by atoms with Crippen LogP contribution in [0.25, 0.3) is 0 Å². The molecule has 9 nitrogen and oxygen atoms in total. The van der Waals surface area contributed by atoms with Crippen LogP contribution in [0.3, 0.4) is 0 Å². The van der Waals surface area contributed by atoms with E-state index in [-0.39, 0.29) is 53.2 Å². The molecular formula is C36H43FN4O5. The number of ketones is 2. The molecule has 5 rings (SSSR count). The lowest BCUT2D eigenvalue weighted by Crippen LogP contribution is -2.61. The van der Waals surface area contributed by atoms with Gasteiger partial charge in [0.1, 0.15) is 23.4 Å². The smallest absolute Gasteiger partial charge is 0.241 e. The molecule has 0 aromatic heterocycles. The van der Waals surface area contributed by atoms with Crippen LogP contribution < -0.4 is 0 Å². The summed E-state index contributed by atoms with van der Waals surface area (Å²) in [4.78, 5) is 51.1. The highest BCUT2D eigenvalue weighted by Crippen LogP contribution is 2.43. The van der Waals surface area contributed by atoms with Crippen LogP contribution in [0.2, 0.25) is 0 Å². The Balaban J connectivity index is 1.65. The summed E-state index contributed by atoms with van der Waals surface area (Å²) in [6, 6.07) is 16.2. The fourth-order valence-electron chi connectivity index (χ4n) is 6.93. The van der Waals surface area contributed by atoms with Gasteiger partial charge in [-0.25, -0.2) is 4.39 Å². The molecule has 2 heterocycles. The molecule has 2 aliphatic heterocycles. The summed E-state index contributed by atoms with van der Waals surface area (Å²) in [7, 11) is 5.79. The molecule has 0 aliphatic carbocycles. The third-order valence-corrected chi connectivity index (χ3v) is 9.41. The molecule has 2 fully saturated rings. The van der Waals surface area contributed by atoms with Crippen molar-refractivity contribution in [3.8, 4) is 11.5 Å². The van der Waals surface area contributed by atoms with E-state index in [2.05, 4.69) is 4.90 Å². The van der Waals surface area contributed by atoms with Crippen molar-refractivity contribution < 1.29 is 29.0 Å². The number of phenolic OH excluding ortho intramolecular Hbond substituents is 2. The Morgan fingerprint density at radius 1 is 0.848 bits per heavy atom. The van der Waals surface area contributed by atoms with Crippen molar-refractivity contribution in [3.05, 3.63) is 94.8 Å². The van der Waals surface area contributed by atoms with E-state index in [0.29, 0.717) is 30.8 Å². The summed E-state index contributed by atoms with van der Waals surface area (Å²) < 4.78 is 15.1. The molecule has 3 aromatic carbocycles. The number of benzene rings is 3. The monoisotopic (exact) mass is 630 g/mol. The van der Waals surface area contributed by atoms with Crippen molar-refractivity contribution in [2.45, 2.75) is 18.9 Å². The summed E-state index contributed by atoms with van der Waals surface area (Å²) in [6.07, 6.45) is 0. The third kappa shape index (κ3) is 7.14. The number of hydrogen-bond acceptors (Lipinski definition) is 8. The van der Waals surface area contributed by atoms with Gasteiger partial charge < -0.3 is 24.9 Å². The Kier molecular flexibility index (Phi) is 10.2. The summed E-state index contributed by atoms with van der Waals surface area (Å²) in [6.45, 7) is 4.97. The maximum absolute atomic E-state index is 15.1. The van der Waals surface area contributed by atoms with Crippen LogP contribution in [0.15, 0.2) is 66.7 Å². The van der Waals surface area contributed by atoms with E-state index in [9.17, 15) is 24.6 Å². The Labute approximate surface area is 269 Å². The molecule has 2 N–H and O–H groups in total. The number of likely N-dealkylation sites (tertiary alicyclic amines) is 1. The van der Waals surface area contributed by atoms with E-state index in [1.165, 1.54) is 30.3 Å². The van der Waals surface area contributed by atoms with Gasteiger partial charge in [0, 0.05) is 74.7 Å². The minimum Gasteiger partial charge on any atom is -0.508 e. The number of likely N-dealkylation sites (N-methyl/N-ethyl adjacent to an activating group) is 2. The maximum atomic E-state index is 15.1. The normalized spacial score (nSPS) is 20.5. The van der Waals surface area contributed by atoms with Crippen molar-refractivity contribution in [2.75, 3.05) is 67.0 Å². The number of Topliss-reactive ketones (excluding diaryl/α,β-unsaturated/α-hetero) is 2. The van der Waals surface area contributed by atoms with Gasteiger partial charge in [-0.05, 0) is 69.5 Å². The summed E-state index contributed by atoms with van der Waals surface area (Å²) in [5.74, 6) is -3.70. The number of halogens is 1. The second-order valence-corrected chi connectivity index (χ2v) is 12.9. The van der Waals surface area contributed by atoms with Crippen LogP contribution >= 0.6 is 0 Å². The van der Waals surface area contributed by atoms with Crippen molar-refractivity contribution in [1.82, 2.24) is 19.6 Å². The number of aromatic hydroxyl groups is 2. The van der Waals surface area contributed by atoms with Gasteiger partial charge in [-0.1, -0.05) is 36.4 Å². The van der Waals surface area contributed by atoms with Gasteiger partial charge in [-0.2, -0.15) is 0 Å². The van der Waals surface area contributed by atoms with E-state index < -0.39 is 29.6 Å². The van der Waals surface area contributed by atoms with E-state index in [0.717, 1.165) is 13.1 Å². The van der Waals surface area contributed by atoms with Crippen LogP contribution in [0, 0.1) is 24.6 Å². The standard InChI is InChI=1S/C36H43FN4O5/c1-23-28(12-7-13-31(23)37)33-29(34(44)24-8-5-10-26(42)18-24)20-41(21-30(33)35(45)25-9-6-11-27(43)19-25)32(22-38(2)3)36(46)40-16-14-39(4)15-17-40/h5-13,18-19,29-30,32-33,42-43H,14-17,20-22H2,1-4H3/t29-,30-,32?/m0/s1. The number of carbonyl (C=O) groups is 3. The molecule has 0 radical (unpaired) electrons. The molecule has 10 heteroatoms. The molecule has 46 heavy (non-hydrogen) atoms. The van der Waals surface area contributed by atoms with Gasteiger partial charge in [-0.3, -0.25) is 19.3 Å². The van der Waals surface area contributed by atoms with E-state index in [1.807, 2.05) is 35.8 Å². The van der Waals surface area contributed by atoms with Crippen LogP contribution in [-0.2, 0) is 4.79 Å². The quantitative estimate of drug-likeness (QED) is 0.346. The van der Waals surface area contributed by atoms with Crippen LogP contribution in [0.5, 0.6) is 11.5 Å². The average molecular weight is 631 g/mol. The lowest BCUT2D eigenvalue weighted by Gasteiger charge is -2.47. The first kappa shape index (κ1) is 33.2. The number of amides is 1. The van der Waals surface area contributed by atoms with E-state index >= 15 is 4.39 Å². The largest absolute Gasteiger partial charge is 0.508 e. The Bertz CT molecular complexity index is 1520. The van der Waals surface area contributed by atoms with Crippen molar-refractivity contribution in [2.24, 2.45) is 11.8 Å². The molecule has 1 unspecified atom stereocenters. The molecule has 3 aromatic rings. The average Bonchev–Trinajstić information content (AvgIpc) is 3.03. The van der Waals surface area contributed by atoms with Crippen molar-refractivity contribution >= 4 is 17.5 Å². The van der Waals surface area contributed by atoms with E-state index in [1.54, 1.807) is 43.3 Å². The number of hydrogen-bond donors (Lipinski definition) is 2. The molecule has 2 saturated heterocycles. The zero-order valence-corrected chi connectivity index (χ0v) is 26.9. The second kappa shape index (κ2) is 14.1. The predicted octanol–water partition coefficient (Wildman–Crippen LogP) is 3.65. The fraction of sp³-hybridized carbons (Fsp3) is 0.417. The highest BCUT2D eigenvalue weighted by Gasteiger charge is 2.48. The highest BCUT2D eigenvalue weighted by atomic mass is 19.1. The summed E-state index contributed by atoms with van der Waals surface area (Å²) >= 11 is 0. The van der Waals surface area contributed by atoms with Crippen molar-refractivity contribution in [1.29, 1.82) is 0 Å². The van der Waals surface area contributed by atoms with Gasteiger partial charge in [0.2, 0.25) is 5.91 Å². The topological polar surface area (TPSA) is 105 Å². The molecule has 1 amide bonds. The van der Waals surface area contributed by atoms with Crippen LogP contribution in [-0.4, -0.2) is 120 Å². The lowest BCUT2D eigenvalue weighted by molar-refractivity contribution is -0.140. The molecule has 2 aliphatic rings. The Hall–Kier alpha value is -4.12. The fourth-order valence-corrected chi connectivity index (χ4v) is 6.93. The van der Waals surface area contributed by atoms with Gasteiger partial charge in [0.05, 0.1) is 0 Å². The number of piperazine rings is 1. The third-order valence-electron chi connectivity index (χ3n) is 9.41. The number of rotatable bonds is 9. The number of phenols is 2. The van der Waals surface area contributed by atoms with E-state index in [4.69, 9.17) is 0 Å². The predicted molar refractivity (Wildman–Crippen MR) is 174 cm³/mol. The zero-order valence-electron chi connectivity index (χ0n) is 26.9. The summed E-state index contributed by atoms with van der Waals surface area (Å²) in [5, 5.41) is 20.5.